The number of carbonyl (C=O) groups excluding carboxylic acids is 4. The Kier molecular flexibility index (Phi) is 15.0. The fraction of sp³-hybridized carbons (Fsp3) is 0.529. The third-order valence-electron chi connectivity index (χ3n) is 8.01. The molecule has 6 atom stereocenters. The van der Waals surface area contributed by atoms with Crippen molar-refractivity contribution in [3.8, 4) is 0 Å². The van der Waals surface area contributed by atoms with Crippen molar-refractivity contribution >= 4 is 23.6 Å². The van der Waals surface area contributed by atoms with Crippen LogP contribution in [0.25, 0.3) is 0 Å². The third kappa shape index (κ3) is 10.7. The fourth-order valence-corrected chi connectivity index (χ4v) is 5.23. The molecule has 0 radical (unpaired) electrons. The minimum absolute atomic E-state index is 0.159. The molecule has 2 rings (SSSR count). The van der Waals surface area contributed by atoms with E-state index < -0.39 is 47.9 Å². The Balaban J connectivity index is 2.42. The van der Waals surface area contributed by atoms with Gasteiger partial charge in [0.25, 0.3) is 0 Å². The number of hydrogen-bond acceptors (Lipinski definition) is 6. The lowest BCUT2D eigenvalue weighted by Crippen LogP contribution is -2.56. The highest BCUT2D eigenvalue weighted by Gasteiger charge is 2.41. The van der Waals surface area contributed by atoms with Gasteiger partial charge in [0.2, 0.25) is 23.6 Å². The van der Waals surface area contributed by atoms with Crippen molar-refractivity contribution in [1.82, 2.24) is 21.3 Å². The van der Waals surface area contributed by atoms with E-state index in [0.29, 0.717) is 12.8 Å². The van der Waals surface area contributed by atoms with E-state index in [9.17, 15) is 29.4 Å². The van der Waals surface area contributed by atoms with Gasteiger partial charge in [-0.15, -0.1) is 0 Å². The Morgan fingerprint density at radius 3 is 1.16 bits per heavy atom. The smallest absolute Gasteiger partial charge is 0.242 e. The molecule has 242 valence electrons. The number of nitrogens with one attached hydrogen (secondary N) is 4. The molecule has 2 aromatic rings. The number of aliphatic hydroxyl groups excluding tert-OH is 2. The summed E-state index contributed by atoms with van der Waals surface area (Å²) < 4.78 is 0. The van der Waals surface area contributed by atoms with Crippen molar-refractivity contribution in [3.63, 3.8) is 0 Å². The zero-order valence-corrected chi connectivity index (χ0v) is 26.7. The summed E-state index contributed by atoms with van der Waals surface area (Å²) >= 11 is 0. The number of aryl methyl sites for hydroxylation is 2. The van der Waals surface area contributed by atoms with Gasteiger partial charge in [0.05, 0.1) is 24.0 Å². The third-order valence-corrected chi connectivity index (χ3v) is 8.01. The molecule has 0 aliphatic heterocycles. The van der Waals surface area contributed by atoms with E-state index in [1.165, 1.54) is 14.1 Å². The van der Waals surface area contributed by atoms with Crippen LogP contribution in [0.2, 0.25) is 0 Å². The fourth-order valence-electron chi connectivity index (χ4n) is 5.23. The predicted octanol–water partition coefficient (Wildman–Crippen LogP) is 1.98. The van der Waals surface area contributed by atoms with E-state index in [1.54, 1.807) is 27.7 Å². The molecule has 4 amide bonds. The van der Waals surface area contributed by atoms with Crippen LogP contribution in [-0.2, 0) is 32.0 Å². The van der Waals surface area contributed by atoms with Crippen LogP contribution in [0.15, 0.2) is 60.7 Å². The van der Waals surface area contributed by atoms with Gasteiger partial charge in [-0.1, -0.05) is 88.4 Å². The van der Waals surface area contributed by atoms with Crippen LogP contribution in [-0.4, -0.2) is 72.2 Å². The number of hydrogen-bond donors (Lipinski definition) is 6. The largest absolute Gasteiger partial charge is 0.390 e. The van der Waals surface area contributed by atoms with Gasteiger partial charge in [-0.3, -0.25) is 19.2 Å². The van der Waals surface area contributed by atoms with Crippen LogP contribution in [0.5, 0.6) is 0 Å². The van der Waals surface area contributed by atoms with Gasteiger partial charge in [0.1, 0.15) is 12.1 Å². The average Bonchev–Trinajstić information content (AvgIpc) is 3.02. The molecule has 0 fully saturated rings. The molecule has 0 aliphatic carbocycles. The summed E-state index contributed by atoms with van der Waals surface area (Å²) in [6.07, 6.45) is -2.12. The maximum absolute atomic E-state index is 13.7. The van der Waals surface area contributed by atoms with E-state index in [-0.39, 0.29) is 36.5 Å². The zero-order chi connectivity index (χ0) is 32.8. The van der Waals surface area contributed by atoms with E-state index in [2.05, 4.69) is 21.3 Å². The zero-order valence-electron chi connectivity index (χ0n) is 26.7. The summed E-state index contributed by atoms with van der Waals surface area (Å²) in [7, 11) is 2.96. The Bertz CT molecular complexity index is 1100. The molecule has 0 unspecified atom stereocenters. The van der Waals surface area contributed by atoms with Gasteiger partial charge in [0.15, 0.2) is 0 Å². The standard InChI is InChI=1S/C34H50N4O6/c1-21(2)27(33(43)35-5)37-31(41)25(19-17-23-13-9-7-10-14-23)29(39)30(40)26(20-18-24-15-11-8-12-16-24)32(42)38-28(22(3)4)34(44)36-6/h7-16,21-22,25-30,39-40H,17-20H2,1-6H3,(H,35,43)(H,36,44)(H,37,41)(H,38,42)/t25-,26-,27+,28+,29-,30+/m1/s1. The average molecular weight is 611 g/mol. The van der Waals surface area contributed by atoms with E-state index in [0.717, 1.165) is 11.1 Å². The monoisotopic (exact) mass is 610 g/mol. The van der Waals surface area contributed by atoms with E-state index >= 15 is 0 Å². The molecular formula is C34H50N4O6. The number of aliphatic hydroxyl groups is 2. The maximum atomic E-state index is 13.7. The highest BCUT2D eigenvalue weighted by molar-refractivity contribution is 5.90. The topological polar surface area (TPSA) is 157 Å². The van der Waals surface area contributed by atoms with Gasteiger partial charge in [-0.25, -0.2) is 0 Å². The molecule has 10 nitrogen and oxygen atoms in total. The molecule has 0 aromatic heterocycles. The number of carbonyl (C=O) groups is 4. The lowest BCUT2D eigenvalue weighted by molar-refractivity contribution is -0.144. The maximum Gasteiger partial charge on any atom is 0.242 e. The molecular weight excluding hydrogens is 560 g/mol. The molecule has 0 bridgehead atoms. The number of amides is 4. The second-order valence-electron chi connectivity index (χ2n) is 11.9. The predicted molar refractivity (Wildman–Crippen MR) is 170 cm³/mol. The Labute approximate surface area is 261 Å². The van der Waals surface area contributed by atoms with Crippen molar-refractivity contribution in [3.05, 3.63) is 71.8 Å². The number of rotatable bonds is 17. The first-order valence-corrected chi connectivity index (χ1v) is 15.4. The van der Waals surface area contributed by atoms with Crippen LogP contribution in [0.1, 0.15) is 51.7 Å². The van der Waals surface area contributed by atoms with E-state index in [4.69, 9.17) is 0 Å². The summed E-state index contributed by atoms with van der Waals surface area (Å²) in [4.78, 5) is 52.4. The molecule has 0 heterocycles. The quantitative estimate of drug-likeness (QED) is 0.161. The summed E-state index contributed by atoms with van der Waals surface area (Å²) in [5.74, 6) is -4.69. The normalized spacial score (nSPS) is 15.4. The van der Waals surface area contributed by atoms with Gasteiger partial charge in [-0.05, 0) is 48.6 Å². The highest BCUT2D eigenvalue weighted by atomic mass is 16.3. The molecule has 0 spiro atoms. The van der Waals surface area contributed by atoms with Crippen LogP contribution in [0, 0.1) is 23.7 Å². The molecule has 0 aliphatic rings. The lowest BCUT2D eigenvalue weighted by atomic mass is 9.82. The van der Waals surface area contributed by atoms with Crippen LogP contribution in [0.3, 0.4) is 0 Å². The molecule has 44 heavy (non-hydrogen) atoms. The highest BCUT2D eigenvalue weighted by Crippen LogP contribution is 2.25. The van der Waals surface area contributed by atoms with Gasteiger partial charge < -0.3 is 31.5 Å². The minimum Gasteiger partial charge on any atom is -0.390 e. The molecule has 0 saturated carbocycles. The number of benzene rings is 2. The van der Waals surface area contributed by atoms with Crippen LogP contribution in [0.4, 0.5) is 0 Å². The summed E-state index contributed by atoms with van der Waals surface area (Å²) in [5.41, 5.74) is 1.87. The Morgan fingerprint density at radius 2 is 0.886 bits per heavy atom. The van der Waals surface area contributed by atoms with E-state index in [1.807, 2.05) is 60.7 Å². The first-order valence-electron chi connectivity index (χ1n) is 15.4. The molecule has 2 aromatic carbocycles. The summed E-state index contributed by atoms with van der Waals surface area (Å²) in [5, 5.41) is 33.9. The molecule has 6 N–H and O–H groups in total. The van der Waals surface area contributed by atoms with Crippen molar-refractivity contribution in [2.75, 3.05) is 14.1 Å². The molecule has 10 heteroatoms. The van der Waals surface area contributed by atoms with Gasteiger partial charge >= 0.3 is 0 Å². The van der Waals surface area contributed by atoms with Crippen LogP contribution >= 0.6 is 0 Å². The van der Waals surface area contributed by atoms with Crippen molar-refractivity contribution in [2.45, 2.75) is 77.7 Å². The molecule has 0 saturated heterocycles. The van der Waals surface area contributed by atoms with Crippen molar-refractivity contribution < 1.29 is 29.4 Å². The van der Waals surface area contributed by atoms with Crippen molar-refractivity contribution in [1.29, 1.82) is 0 Å². The van der Waals surface area contributed by atoms with Gasteiger partial charge in [-0.2, -0.15) is 0 Å². The Morgan fingerprint density at radius 1 is 0.568 bits per heavy atom. The summed E-state index contributed by atoms with van der Waals surface area (Å²) in [6, 6.07) is 17.1. The van der Waals surface area contributed by atoms with Crippen molar-refractivity contribution in [2.24, 2.45) is 23.7 Å². The lowest BCUT2D eigenvalue weighted by Gasteiger charge is -2.33. The second-order valence-corrected chi connectivity index (χ2v) is 11.9. The second kappa shape index (κ2) is 18.1. The Hall–Kier alpha value is -3.76. The summed E-state index contributed by atoms with van der Waals surface area (Å²) in [6.45, 7) is 7.19. The first kappa shape index (κ1) is 36.4. The number of likely N-dealkylation sites (N-methyl/N-ethyl adjacent to an activating group) is 2. The minimum atomic E-state index is -1.64. The van der Waals surface area contributed by atoms with Gasteiger partial charge in [0, 0.05) is 14.1 Å². The first-order chi connectivity index (χ1) is 20.9. The van der Waals surface area contributed by atoms with Crippen LogP contribution < -0.4 is 21.3 Å². The SMILES string of the molecule is CNC(=O)[C@@H](NC(=O)[C@H](CCc1ccccc1)[C@H](O)[C@H](O)[C@@H](CCc1ccccc1)C(=O)N[C@H](C(=O)NC)C(C)C)C(C)C.